The molecule has 1 saturated carbocycles. The highest BCUT2D eigenvalue weighted by atomic mass is 79.9. The van der Waals surface area contributed by atoms with E-state index in [-0.39, 0.29) is 5.54 Å². The van der Waals surface area contributed by atoms with Gasteiger partial charge in [0.05, 0.1) is 0 Å². The van der Waals surface area contributed by atoms with Crippen LogP contribution in [-0.2, 0) is 6.42 Å². The summed E-state index contributed by atoms with van der Waals surface area (Å²) >= 11 is 5.80. The Morgan fingerprint density at radius 3 is 2.82 bits per heavy atom. The average molecular weight is 312 g/mol. The molecule has 1 heterocycles. The van der Waals surface area contributed by atoms with Crippen molar-refractivity contribution >= 4 is 27.7 Å². The van der Waals surface area contributed by atoms with E-state index < -0.39 is 0 Å². The van der Waals surface area contributed by atoms with Crippen LogP contribution in [0.5, 0.6) is 0 Å². The lowest BCUT2D eigenvalue weighted by Gasteiger charge is -2.14. The zero-order valence-electron chi connectivity index (χ0n) is 9.92. The minimum absolute atomic E-state index is 0.115. The molecule has 1 unspecified atom stereocenters. The lowest BCUT2D eigenvalue weighted by Crippen LogP contribution is -2.24. The molecule has 0 amide bonds. The topological polar surface area (TPSA) is 26.0 Å². The van der Waals surface area contributed by atoms with Gasteiger partial charge < -0.3 is 5.73 Å². The summed E-state index contributed by atoms with van der Waals surface area (Å²) in [7, 11) is 0. The molecule has 1 saturated heterocycles. The highest BCUT2D eigenvalue weighted by Gasteiger charge is 2.38. The molecule has 17 heavy (non-hydrogen) atoms. The number of nitrogens with two attached hydrogens (primary N) is 1. The van der Waals surface area contributed by atoms with Crippen molar-refractivity contribution in [1.82, 2.24) is 0 Å². The second kappa shape index (κ2) is 4.60. The monoisotopic (exact) mass is 311 g/mol. The lowest BCUT2D eigenvalue weighted by molar-refractivity contribution is 0.671. The summed E-state index contributed by atoms with van der Waals surface area (Å²) in [6.07, 6.45) is 4.73. The molecular weight excluding hydrogens is 294 g/mol. The van der Waals surface area contributed by atoms with E-state index in [1.165, 1.54) is 46.4 Å². The molecule has 1 atom stereocenters. The predicted molar refractivity (Wildman–Crippen MR) is 78.7 cm³/mol. The van der Waals surface area contributed by atoms with Gasteiger partial charge in [-0.3, -0.25) is 0 Å². The van der Waals surface area contributed by atoms with Crippen molar-refractivity contribution < 1.29 is 0 Å². The van der Waals surface area contributed by atoms with Gasteiger partial charge in [0.2, 0.25) is 0 Å². The first-order chi connectivity index (χ1) is 8.16. The third-order valence-electron chi connectivity index (χ3n) is 3.88. The van der Waals surface area contributed by atoms with Gasteiger partial charge in [0.25, 0.3) is 0 Å². The molecule has 1 nitrogen and oxygen atoms in total. The predicted octanol–water partition coefficient (Wildman–Crippen LogP) is 3.70. The first-order valence-electron chi connectivity index (χ1n) is 6.31. The molecule has 2 N–H and O–H groups in total. The molecule has 3 rings (SSSR count). The van der Waals surface area contributed by atoms with E-state index >= 15 is 0 Å². The van der Waals surface area contributed by atoms with E-state index in [0.717, 1.165) is 12.3 Å². The molecule has 1 aliphatic carbocycles. The van der Waals surface area contributed by atoms with E-state index in [1.54, 1.807) is 0 Å². The number of benzene rings is 1. The van der Waals surface area contributed by atoms with Gasteiger partial charge in [0.1, 0.15) is 0 Å². The zero-order valence-corrected chi connectivity index (χ0v) is 12.3. The van der Waals surface area contributed by atoms with Crippen LogP contribution in [0.4, 0.5) is 0 Å². The van der Waals surface area contributed by atoms with Crippen LogP contribution in [0.1, 0.15) is 36.3 Å². The van der Waals surface area contributed by atoms with Gasteiger partial charge in [-0.15, -0.1) is 0 Å². The van der Waals surface area contributed by atoms with Crippen molar-refractivity contribution in [2.24, 2.45) is 5.73 Å². The third kappa shape index (κ3) is 2.72. The average Bonchev–Trinajstić information content (AvgIpc) is 2.81. The van der Waals surface area contributed by atoms with Gasteiger partial charge >= 0.3 is 0 Å². The molecule has 2 fully saturated rings. The Balaban J connectivity index is 1.78. The van der Waals surface area contributed by atoms with E-state index in [2.05, 4.69) is 45.9 Å². The number of rotatable bonds is 3. The minimum Gasteiger partial charge on any atom is -0.325 e. The lowest BCUT2D eigenvalue weighted by atomic mass is 9.96. The Morgan fingerprint density at radius 2 is 2.24 bits per heavy atom. The summed E-state index contributed by atoms with van der Waals surface area (Å²) in [5.74, 6) is 3.33. The van der Waals surface area contributed by atoms with Crippen LogP contribution in [0.3, 0.4) is 0 Å². The van der Waals surface area contributed by atoms with Crippen LogP contribution < -0.4 is 5.73 Å². The van der Waals surface area contributed by atoms with Crippen molar-refractivity contribution in [3.8, 4) is 0 Å². The van der Waals surface area contributed by atoms with Gasteiger partial charge in [-0.05, 0) is 54.5 Å². The summed E-state index contributed by atoms with van der Waals surface area (Å²) < 4.78 is 1.28. The van der Waals surface area contributed by atoms with Crippen molar-refractivity contribution in [3.63, 3.8) is 0 Å². The molecule has 92 valence electrons. The SMILES string of the molecule is NC1(Cc2ccc(C3CCSC3)c(Br)c2)CC1. The highest BCUT2D eigenvalue weighted by molar-refractivity contribution is 9.10. The van der Waals surface area contributed by atoms with Crippen molar-refractivity contribution in [1.29, 1.82) is 0 Å². The summed E-state index contributed by atoms with van der Waals surface area (Å²) in [5.41, 5.74) is 9.15. The van der Waals surface area contributed by atoms with Crippen LogP contribution in [0.2, 0.25) is 0 Å². The molecule has 1 aliphatic heterocycles. The van der Waals surface area contributed by atoms with E-state index in [0.29, 0.717) is 0 Å². The maximum atomic E-state index is 6.17. The number of thioether (sulfide) groups is 1. The first kappa shape index (κ1) is 12.1. The van der Waals surface area contributed by atoms with Crippen molar-refractivity contribution in [2.75, 3.05) is 11.5 Å². The fraction of sp³-hybridized carbons (Fsp3) is 0.571. The molecule has 0 bridgehead atoms. The normalized spacial score (nSPS) is 26.1. The summed E-state index contributed by atoms with van der Waals surface area (Å²) in [6.45, 7) is 0. The zero-order chi connectivity index (χ0) is 11.9. The molecule has 0 aromatic heterocycles. The standard InChI is InChI=1S/C14H18BrNS/c15-13-7-10(8-14(16)4-5-14)1-2-12(13)11-3-6-17-9-11/h1-2,7,11H,3-6,8-9,16H2. The molecule has 1 aromatic rings. The van der Waals surface area contributed by atoms with Crippen LogP contribution in [-0.4, -0.2) is 17.0 Å². The second-order valence-corrected chi connectivity index (χ2v) is 7.46. The number of hydrogen-bond acceptors (Lipinski definition) is 2. The molecule has 2 aliphatic rings. The smallest absolute Gasteiger partial charge is 0.0213 e. The fourth-order valence-electron chi connectivity index (χ4n) is 2.54. The van der Waals surface area contributed by atoms with Crippen LogP contribution >= 0.6 is 27.7 Å². The van der Waals surface area contributed by atoms with Crippen LogP contribution in [0, 0.1) is 0 Å². The van der Waals surface area contributed by atoms with Gasteiger partial charge in [-0.2, -0.15) is 11.8 Å². The number of hydrogen-bond donors (Lipinski definition) is 1. The summed E-state index contributed by atoms with van der Waals surface area (Å²) in [4.78, 5) is 0. The summed E-state index contributed by atoms with van der Waals surface area (Å²) in [5, 5.41) is 0. The van der Waals surface area contributed by atoms with Gasteiger partial charge in [0, 0.05) is 15.8 Å². The minimum atomic E-state index is 0.115. The molecule has 0 spiro atoms. The third-order valence-corrected chi connectivity index (χ3v) is 5.73. The summed E-state index contributed by atoms with van der Waals surface area (Å²) in [6, 6.07) is 6.86. The molecule has 1 aromatic carbocycles. The van der Waals surface area contributed by atoms with Crippen molar-refractivity contribution in [3.05, 3.63) is 33.8 Å². The Labute approximate surface area is 116 Å². The molecule has 3 heteroatoms. The Kier molecular flexibility index (Phi) is 3.26. The van der Waals surface area contributed by atoms with Gasteiger partial charge in [0.15, 0.2) is 0 Å². The Hall–Kier alpha value is 0.01000. The van der Waals surface area contributed by atoms with Crippen molar-refractivity contribution in [2.45, 2.75) is 37.1 Å². The highest BCUT2D eigenvalue weighted by Crippen LogP contribution is 2.39. The van der Waals surface area contributed by atoms with Crippen LogP contribution in [0.25, 0.3) is 0 Å². The first-order valence-corrected chi connectivity index (χ1v) is 8.26. The largest absolute Gasteiger partial charge is 0.325 e. The molecular formula is C14H18BrNS. The second-order valence-electron chi connectivity index (χ2n) is 5.46. The van der Waals surface area contributed by atoms with Crippen LogP contribution in [0.15, 0.2) is 22.7 Å². The van der Waals surface area contributed by atoms with E-state index in [1.807, 2.05) is 0 Å². The van der Waals surface area contributed by atoms with E-state index in [9.17, 15) is 0 Å². The van der Waals surface area contributed by atoms with Gasteiger partial charge in [-0.1, -0.05) is 28.1 Å². The fourth-order valence-corrected chi connectivity index (χ4v) is 4.53. The number of halogens is 1. The quantitative estimate of drug-likeness (QED) is 0.921. The maximum Gasteiger partial charge on any atom is 0.0213 e. The Bertz CT molecular complexity index is 422. The molecule has 0 radical (unpaired) electrons. The Morgan fingerprint density at radius 1 is 1.41 bits per heavy atom. The van der Waals surface area contributed by atoms with Gasteiger partial charge in [-0.25, -0.2) is 0 Å². The maximum absolute atomic E-state index is 6.17. The van der Waals surface area contributed by atoms with E-state index in [4.69, 9.17) is 5.73 Å².